The largest absolute Gasteiger partial charge is 0.497 e. The standard InChI is InChI=1S/C16H16BrClFNO/c1-3-20-16(12-6-4-10(18)8-14(12)17)13-7-5-11(21-2)9-15(13)19/h4-9,16,20H,3H2,1-2H3. The van der Waals surface area contributed by atoms with Crippen LogP contribution in [0.1, 0.15) is 24.1 Å². The van der Waals surface area contributed by atoms with E-state index in [9.17, 15) is 4.39 Å². The van der Waals surface area contributed by atoms with Gasteiger partial charge in [0.2, 0.25) is 0 Å². The van der Waals surface area contributed by atoms with E-state index in [1.54, 1.807) is 18.2 Å². The minimum absolute atomic E-state index is 0.257. The zero-order chi connectivity index (χ0) is 15.4. The second kappa shape index (κ2) is 7.25. The molecule has 2 nitrogen and oxygen atoms in total. The third kappa shape index (κ3) is 3.76. The first-order valence-corrected chi connectivity index (χ1v) is 7.75. The van der Waals surface area contributed by atoms with Crippen LogP contribution < -0.4 is 10.1 Å². The number of benzene rings is 2. The van der Waals surface area contributed by atoms with E-state index >= 15 is 0 Å². The van der Waals surface area contributed by atoms with Crippen LogP contribution in [0.2, 0.25) is 5.02 Å². The van der Waals surface area contributed by atoms with Gasteiger partial charge in [-0.2, -0.15) is 0 Å². The van der Waals surface area contributed by atoms with Crippen LogP contribution in [0.3, 0.4) is 0 Å². The van der Waals surface area contributed by atoms with Crippen molar-refractivity contribution in [3.05, 3.63) is 62.8 Å². The summed E-state index contributed by atoms with van der Waals surface area (Å²) in [7, 11) is 1.52. The van der Waals surface area contributed by atoms with Gasteiger partial charge in [-0.3, -0.25) is 0 Å². The smallest absolute Gasteiger partial charge is 0.132 e. The molecule has 0 aliphatic heterocycles. The third-order valence-corrected chi connectivity index (χ3v) is 4.12. The molecule has 0 fully saturated rings. The minimum atomic E-state index is -0.304. The lowest BCUT2D eigenvalue weighted by atomic mass is 9.98. The Hall–Kier alpha value is -1.10. The van der Waals surface area contributed by atoms with Crippen LogP contribution in [0.4, 0.5) is 4.39 Å². The fourth-order valence-corrected chi connectivity index (χ4v) is 3.11. The quantitative estimate of drug-likeness (QED) is 0.802. The first-order valence-electron chi connectivity index (χ1n) is 6.58. The van der Waals surface area contributed by atoms with Crippen LogP contribution in [-0.4, -0.2) is 13.7 Å². The third-order valence-electron chi connectivity index (χ3n) is 3.20. The van der Waals surface area contributed by atoms with Crippen molar-refractivity contribution >= 4 is 27.5 Å². The van der Waals surface area contributed by atoms with E-state index in [0.717, 1.165) is 10.0 Å². The van der Waals surface area contributed by atoms with Crippen LogP contribution >= 0.6 is 27.5 Å². The van der Waals surface area contributed by atoms with Gasteiger partial charge in [-0.05, 0) is 30.3 Å². The van der Waals surface area contributed by atoms with Crippen LogP contribution in [-0.2, 0) is 0 Å². The molecule has 1 N–H and O–H groups in total. The van der Waals surface area contributed by atoms with Gasteiger partial charge >= 0.3 is 0 Å². The van der Waals surface area contributed by atoms with Crippen molar-refractivity contribution in [3.63, 3.8) is 0 Å². The monoisotopic (exact) mass is 371 g/mol. The SMILES string of the molecule is CCNC(c1ccc(OC)cc1F)c1ccc(Cl)cc1Br. The molecule has 1 unspecified atom stereocenters. The predicted molar refractivity (Wildman–Crippen MR) is 87.6 cm³/mol. The molecule has 0 radical (unpaired) electrons. The number of halogens is 3. The summed E-state index contributed by atoms with van der Waals surface area (Å²) in [5.41, 5.74) is 1.51. The molecule has 0 amide bonds. The number of nitrogens with one attached hydrogen (secondary N) is 1. The Kier molecular flexibility index (Phi) is 5.62. The molecular weight excluding hydrogens is 357 g/mol. The highest BCUT2D eigenvalue weighted by molar-refractivity contribution is 9.10. The summed E-state index contributed by atoms with van der Waals surface area (Å²) >= 11 is 9.47. The molecule has 0 saturated heterocycles. The number of rotatable bonds is 5. The molecule has 0 aliphatic carbocycles. The highest BCUT2D eigenvalue weighted by atomic mass is 79.9. The Balaban J connectivity index is 2.48. The molecule has 2 aromatic carbocycles. The number of ether oxygens (including phenoxy) is 1. The molecule has 0 aliphatic rings. The summed E-state index contributed by atoms with van der Waals surface area (Å²) in [6.07, 6.45) is 0. The predicted octanol–water partition coefficient (Wildman–Crippen LogP) is 4.95. The maximum Gasteiger partial charge on any atom is 0.132 e. The maximum atomic E-state index is 14.3. The molecule has 2 rings (SSSR count). The van der Waals surface area contributed by atoms with Crippen molar-refractivity contribution < 1.29 is 9.13 Å². The Labute approximate surface area is 137 Å². The van der Waals surface area contributed by atoms with Gasteiger partial charge in [-0.15, -0.1) is 0 Å². The molecule has 0 spiro atoms. The summed E-state index contributed by atoms with van der Waals surface area (Å²) in [6, 6.07) is 10.1. The van der Waals surface area contributed by atoms with Gasteiger partial charge in [0.05, 0.1) is 13.2 Å². The molecule has 1 atom stereocenters. The summed E-state index contributed by atoms with van der Waals surface area (Å²) in [6.45, 7) is 2.70. The zero-order valence-corrected chi connectivity index (χ0v) is 14.1. The van der Waals surface area contributed by atoms with E-state index < -0.39 is 0 Å². The van der Waals surface area contributed by atoms with E-state index in [1.807, 2.05) is 19.1 Å². The highest BCUT2D eigenvalue weighted by Gasteiger charge is 2.20. The molecule has 112 valence electrons. The Morgan fingerprint density at radius 1 is 1.24 bits per heavy atom. The van der Waals surface area contributed by atoms with Crippen LogP contribution in [0.15, 0.2) is 40.9 Å². The lowest BCUT2D eigenvalue weighted by Gasteiger charge is -2.21. The van der Waals surface area contributed by atoms with E-state index in [-0.39, 0.29) is 11.9 Å². The molecule has 2 aromatic rings. The second-order valence-electron chi connectivity index (χ2n) is 4.54. The minimum Gasteiger partial charge on any atom is -0.497 e. The van der Waals surface area contributed by atoms with Crippen molar-refractivity contribution in [2.45, 2.75) is 13.0 Å². The van der Waals surface area contributed by atoms with Crippen LogP contribution in [0.25, 0.3) is 0 Å². The van der Waals surface area contributed by atoms with Crippen molar-refractivity contribution in [2.75, 3.05) is 13.7 Å². The highest BCUT2D eigenvalue weighted by Crippen LogP contribution is 2.33. The fraction of sp³-hybridized carbons (Fsp3) is 0.250. The molecule has 21 heavy (non-hydrogen) atoms. The second-order valence-corrected chi connectivity index (χ2v) is 5.83. The van der Waals surface area contributed by atoms with Crippen LogP contribution in [0, 0.1) is 5.82 Å². The topological polar surface area (TPSA) is 21.3 Å². The Morgan fingerprint density at radius 3 is 2.52 bits per heavy atom. The normalized spacial score (nSPS) is 12.2. The summed E-state index contributed by atoms with van der Waals surface area (Å²) in [5.74, 6) is 0.198. The molecule has 0 bridgehead atoms. The number of hydrogen-bond acceptors (Lipinski definition) is 2. The van der Waals surface area contributed by atoms with E-state index in [0.29, 0.717) is 22.9 Å². The maximum absolute atomic E-state index is 14.3. The average molecular weight is 373 g/mol. The van der Waals surface area contributed by atoms with Gasteiger partial charge in [0, 0.05) is 21.1 Å². The van der Waals surface area contributed by atoms with Gasteiger partial charge in [-0.1, -0.05) is 46.6 Å². The van der Waals surface area contributed by atoms with Gasteiger partial charge in [-0.25, -0.2) is 4.39 Å². The molecule has 0 heterocycles. The van der Waals surface area contributed by atoms with Crippen LogP contribution in [0.5, 0.6) is 5.75 Å². The fourth-order valence-electron chi connectivity index (χ4n) is 2.20. The van der Waals surface area contributed by atoms with Gasteiger partial charge in [0.1, 0.15) is 11.6 Å². The lowest BCUT2D eigenvalue weighted by molar-refractivity contribution is 0.410. The zero-order valence-electron chi connectivity index (χ0n) is 11.8. The van der Waals surface area contributed by atoms with Gasteiger partial charge in [0.15, 0.2) is 0 Å². The molecular formula is C16H16BrClFNO. The van der Waals surface area contributed by atoms with Crippen molar-refractivity contribution in [1.82, 2.24) is 5.32 Å². The number of methoxy groups -OCH3 is 1. The van der Waals surface area contributed by atoms with Gasteiger partial charge in [0.25, 0.3) is 0 Å². The van der Waals surface area contributed by atoms with Crippen molar-refractivity contribution in [1.29, 1.82) is 0 Å². The number of hydrogen-bond donors (Lipinski definition) is 1. The lowest BCUT2D eigenvalue weighted by Crippen LogP contribution is -2.23. The first kappa shape index (κ1) is 16.3. The molecule has 5 heteroatoms. The van der Waals surface area contributed by atoms with Crippen molar-refractivity contribution in [2.24, 2.45) is 0 Å². The Morgan fingerprint density at radius 2 is 1.95 bits per heavy atom. The van der Waals surface area contributed by atoms with E-state index in [2.05, 4.69) is 21.2 Å². The van der Waals surface area contributed by atoms with E-state index in [1.165, 1.54) is 13.2 Å². The molecule has 0 saturated carbocycles. The Bertz CT molecular complexity index is 636. The van der Waals surface area contributed by atoms with Gasteiger partial charge < -0.3 is 10.1 Å². The summed E-state index contributed by atoms with van der Waals surface area (Å²) in [5, 5.41) is 3.94. The summed E-state index contributed by atoms with van der Waals surface area (Å²) < 4.78 is 20.2. The van der Waals surface area contributed by atoms with Crippen molar-refractivity contribution in [3.8, 4) is 5.75 Å². The average Bonchev–Trinajstić information content (AvgIpc) is 2.46. The van der Waals surface area contributed by atoms with E-state index in [4.69, 9.17) is 16.3 Å². The molecule has 0 aromatic heterocycles. The summed E-state index contributed by atoms with van der Waals surface area (Å²) in [4.78, 5) is 0. The first-order chi connectivity index (χ1) is 10.1.